The fraction of sp³-hybridized carbons (Fsp3) is 0.250. The molecule has 1 amide bonds. The van der Waals surface area contributed by atoms with Crippen LogP contribution in [-0.2, 0) is 6.42 Å². The van der Waals surface area contributed by atoms with Gasteiger partial charge in [0, 0.05) is 12.2 Å². The van der Waals surface area contributed by atoms with E-state index < -0.39 is 0 Å². The fourth-order valence-corrected chi connectivity index (χ4v) is 2.93. The zero-order chi connectivity index (χ0) is 14.8. The summed E-state index contributed by atoms with van der Waals surface area (Å²) in [6.45, 7) is 0.667. The maximum atomic E-state index is 12.8. The number of amides is 1. The maximum Gasteiger partial charge on any atom is 0.278 e. The first kappa shape index (κ1) is 14.4. The number of benzene rings is 1. The van der Waals surface area contributed by atoms with Crippen molar-refractivity contribution >= 4 is 34.8 Å². The number of anilines is 1. The van der Waals surface area contributed by atoms with E-state index in [2.05, 4.69) is 11.1 Å². The molecule has 21 heavy (non-hydrogen) atoms. The molecule has 3 nitrogen and oxygen atoms in total. The minimum Gasteiger partial charge on any atom is -0.307 e. The molecule has 1 aromatic heterocycles. The number of nitrogens with zero attached hydrogens (tertiary/aromatic N) is 2. The van der Waals surface area contributed by atoms with Gasteiger partial charge in [-0.05, 0) is 43.0 Å². The summed E-state index contributed by atoms with van der Waals surface area (Å²) in [5, 5.41) is 0.594. The van der Waals surface area contributed by atoms with Gasteiger partial charge in [-0.15, -0.1) is 0 Å². The van der Waals surface area contributed by atoms with Gasteiger partial charge >= 0.3 is 0 Å². The summed E-state index contributed by atoms with van der Waals surface area (Å²) in [5.74, 6) is -0.197. The number of aryl methyl sites for hydroxylation is 1. The number of hydrogen-bond donors (Lipinski definition) is 0. The zero-order valence-corrected chi connectivity index (χ0v) is 12.9. The Hall–Kier alpha value is -1.58. The summed E-state index contributed by atoms with van der Waals surface area (Å²) in [4.78, 5) is 18.7. The quantitative estimate of drug-likeness (QED) is 0.731. The van der Waals surface area contributed by atoms with Gasteiger partial charge in [-0.3, -0.25) is 4.79 Å². The molecule has 0 bridgehead atoms. The standard InChI is InChI=1S/C16H14Cl2N2O/c17-12-8-9-14(18)19-15(12)16(21)20-10-4-3-6-11-5-1-2-7-13(11)20/h1-2,5,7-9H,3-4,6,10H2. The van der Waals surface area contributed by atoms with Gasteiger partial charge < -0.3 is 4.90 Å². The van der Waals surface area contributed by atoms with E-state index in [1.165, 1.54) is 5.56 Å². The van der Waals surface area contributed by atoms with Crippen LogP contribution in [0.25, 0.3) is 0 Å². The van der Waals surface area contributed by atoms with Crippen LogP contribution in [0.2, 0.25) is 10.2 Å². The van der Waals surface area contributed by atoms with E-state index in [-0.39, 0.29) is 16.8 Å². The average molecular weight is 321 g/mol. The molecule has 0 unspecified atom stereocenters. The largest absolute Gasteiger partial charge is 0.307 e. The second kappa shape index (κ2) is 6.04. The van der Waals surface area contributed by atoms with Crippen molar-refractivity contribution in [1.82, 2.24) is 4.98 Å². The Balaban J connectivity index is 2.03. The summed E-state index contributed by atoms with van der Waals surface area (Å²) >= 11 is 12.0. The second-order valence-electron chi connectivity index (χ2n) is 5.01. The minimum atomic E-state index is -0.197. The van der Waals surface area contributed by atoms with Crippen LogP contribution in [0, 0.1) is 0 Å². The monoisotopic (exact) mass is 320 g/mol. The number of aromatic nitrogens is 1. The van der Waals surface area contributed by atoms with Crippen LogP contribution in [0.15, 0.2) is 36.4 Å². The molecule has 0 aliphatic carbocycles. The SMILES string of the molecule is O=C(c1nc(Cl)ccc1Cl)N1CCCCc2ccccc21. The van der Waals surface area contributed by atoms with E-state index in [1.807, 2.05) is 18.2 Å². The van der Waals surface area contributed by atoms with Crippen molar-refractivity contribution in [2.24, 2.45) is 0 Å². The summed E-state index contributed by atoms with van der Waals surface area (Å²) in [6.07, 6.45) is 3.01. The highest BCUT2D eigenvalue weighted by Crippen LogP contribution is 2.28. The van der Waals surface area contributed by atoms with Gasteiger partial charge in [0.1, 0.15) is 10.8 Å². The molecule has 5 heteroatoms. The molecule has 2 aromatic rings. The van der Waals surface area contributed by atoms with Gasteiger partial charge in [-0.1, -0.05) is 41.4 Å². The van der Waals surface area contributed by atoms with Crippen molar-refractivity contribution in [2.45, 2.75) is 19.3 Å². The number of carbonyl (C=O) groups excluding carboxylic acids is 1. The Morgan fingerprint density at radius 3 is 2.76 bits per heavy atom. The highest BCUT2D eigenvalue weighted by Gasteiger charge is 2.24. The molecule has 1 aliphatic heterocycles. The number of para-hydroxylation sites is 1. The molecule has 0 spiro atoms. The van der Waals surface area contributed by atoms with Gasteiger partial charge in [0.15, 0.2) is 0 Å². The molecular formula is C16H14Cl2N2O. The number of pyridine rings is 1. The third-order valence-electron chi connectivity index (χ3n) is 3.62. The van der Waals surface area contributed by atoms with Gasteiger partial charge in [0.2, 0.25) is 0 Å². The van der Waals surface area contributed by atoms with Crippen LogP contribution in [0.3, 0.4) is 0 Å². The summed E-state index contributed by atoms with van der Waals surface area (Å²) in [7, 11) is 0. The normalized spacial score (nSPS) is 14.5. The highest BCUT2D eigenvalue weighted by atomic mass is 35.5. The summed E-state index contributed by atoms with van der Waals surface area (Å²) < 4.78 is 0. The van der Waals surface area contributed by atoms with E-state index in [4.69, 9.17) is 23.2 Å². The molecule has 108 valence electrons. The van der Waals surface area contributed by atoms with Crippen molar-refractivity contribution in [3.8, 4) is 0 Å². The van der Waals surface area contributed by atoms with Crippen LogP contribution in [0.4, 0.5) is 5.69 Å². The molecule has 0 radical (unpaired) electrons. The Morgan fingerprint density at radius 1 is 1.10 bits per heavy atom. The first-order chi connectivity index (χ1) is 10.2. The van der Waals surface area contributed by atoms with Gasteiger partial charge in [0.05, 0.1) is 5.02 Å². The zero-order valence-electron chi connectivity index (χ0n) is 11.4. The molecule has 1 aliphatic rings. The van der Waals surface area contributed by atoms with Crippen molar-refractivity contribution in [2.75, 3.05) is 11.4 Å². The first-order valence-electron chi connectivity index (χ1n) is 6.88. The van der Waals surface area contributed by atoms with E-state index in [9.17, 15) is 4.79 Å². The first-order valence-corrected chi connectivity index (χ1v) is 7.64. The molecule has 0 atom stereocenters. The van der Waals surface area contributed by atoms with Crippen molar-refractivity contribution in [3.05, 3.63) is 57.8 Å². The van der Waals surface area contributed by atoms with E-state index in [0.29, 0.717) is 11.6 Å². The lowest BCUT2D eigenvalue weighted by molar-refractivity contribution is 0.0982. The molecular weight excluding hydrogens is 307 g/mol. The predicted molar refractivity (Wildman–Crippen MR) is 85.3 cm³/mol. The molecule has 0 saturated carbocycles. The van der Waals surface area contributed by atoms with Crippen LogP contribution in [0.5, 0.6) is 0 Å². The Kier molecular flexibility index (Phi) is 4.13. The molecule has 0 N–H and O–H groups in total. The lowest BCUT2D eigenvalue weighted by Gasteiger charge is -2.23. The lowest BCUT2D eigenvalue weighted by atomic mass is 10.1. The minimum absolute atomic E-state index is 0.197. The smallest absolute Gasteiger partial charge is 0.278 e. The summed E-state index contributed by atoms with van der Waals surface area (Å²) in [5.41, 5.74) is 2.33. The number of carbonyl (C=O) groups is 1. The molecule has 0 fully saturated rings. The fourth-order valence-electron chi connectivity index (χ4n) is 2.60. The van der Waals surface area contributed by atoms with Crippen LogP contribution >= 0.6 is 23.2 Å². The highest BCUT2D eigenvalue weighted by molar-refractivity contribution is 6.35. The Bertz CT molecular complexity index is 688. The Morgan fingerprint density at radius 2 is 1.90 bits per heavy atom. The molecule has 3 rings (SSSR count). The van der Waals surface area contributed by atoms with Crippen LogP contribution in [0.1, 0.15) is 28.9 Å². The van der Waals surface area contributed by atoms with Crippen LogP contribution in [-0.4, -0.2) is 17.4 Å². The van der Waals surface area contributed by atoms with E-state index in [0.717, 1.165) is 24.9 Å². The number of halogens is 2. The maximum absolute atomic E-state index is 12.8. The van der Waals surface area contributed by atoms with Gasteiger partial charge in [-0.2, -0.15) is 0 Å². The van der Waals surface area contributed by atoms with Crippen molar-refractivity contribution < 1.29 is 4.79 Å². The van der Waals surface area contributed by atoms with Gasteiger partial charge in [0.25, 0.3) is 5.91 Å². The van der Waals surface area contributed by atoms with Crippen molar-refractivity contribution in [3.63, 3.8) is 0 Å². The lowest BCUT2D eigenvalue weighted by Crippen LogP contribution is -2.32. The number of fused-ring (bicyclic) bond motifs is 1. The third kappa shape index (κ3) is 2.89. The molecule has 2 heterocycles. The number of hydrogen-bond acceptors (Lipinski definition) is 2. The average Bonchev–Trinajstić information content (AvgIpc) is 2.71. The molecule has 1 aromatic carbocycles. The second-order valence-corrected chi connectivity index (χ2v) is 5.80. The van der Waals surface area contributed by atoms with Gasteiger partial charge in [-0.25, -0.2) is 4.98 Å². The Labute approximate surface area is 133 Å². The summed E-state index contributed by atoms with van der Waals surface area (Å²) in [6, 6.07) is 11.2. The van der Waals surface area contributed by atoms with Crippen LogP contribution < -0.4 is 4.90 Å². The molecule has 0 saturated heterocycles. The third-order valence-corrected chi connectivity index (χ3v) is 4.14. The van der Waals surface area contributed by atoms with E-state index >= 15 is 0 Å². The van der Waals surface area contributed by atoms with Crippen molar-refractivity contribution in [1.29, 1.82) is 0 Å². The van der Waals surface area contributed by atoms with E-state index in [1.54, 1.807) is 17.0 Å². The predicted octanol–water partition coefficient (Wildman–Crippen LogP) is 4.37. The topological polar surface area (TPSA) is 33.2 Å². The number of rotatable bonds is 1.